The van der Waals surface area contributed by atoms with Crippen molar-refractivity contribution in [3.8, 4) is 5.69 Å². The highest BCUT2D eigenvalue weighted by Gasteiger charge is 2.37. The van der Waals surface area contributed by atoms with Gasteiger partial charge in [-0.2, -0.15) is 0 Å². The second kappa shape index (κ2) is 4.79. The van der Waals surface area contributed by atoms with Gasteiger partial charge in [-0.15, -0.1) is 0 Å². The summed E-state index contributed by atoms with van der Waals surface area (Å²) in [6.45, 7) is 0.422. The van der Waals surface area contributed by atoms with Gasteiger partial charge in [0.05, 0.1) is 23.5 Å². The quantitative estimate of drug-likeness (QED) is 0.817. The van der Waals surface area contributed by atoms with Crippen molar-refractivity contribution in [3.05, 3.63) is 47.0 Å². The number of ketones is 1. The largest absolute Gasteiger partial charge is 0.336 e. The summed E-state index contributed by atoms with van der Waals surface area (Å²) in [5.41, 5.74) is 4.17. The molecule has 1 aromatic heterocycles. The lowest BCUT2D eigenvalue weighted by atomic mass is 10.0. The number of Topliss-reactive ketones (excluding diaryl/α,β-unsaturated/α-hetero) is 1. The maximum atomic E-state index is 13.0. The summed E-state index contributed by atoms with van der Waals surface area (Å²) in [6, 6.07) is 6.05. The molecule has 1 amide bonds. The fourth-order valence-electron chi connectivity index (χ4n) is 3.69. The Hall–Kier alpha value is -2.43. The van der Waals surface area contributed by atoms with Crippen LogP contribution in [0, 0.1) is 5.92 Å². The third kappa shape index (κ3) is 1.97. The molecular formula is C19H19N3O2. The van der Waals surface area contributed by atoms with Crippen LogP contribution in [0.2, 0.25) is 0 Å². The minimum atomic E-state index is 0.0426. The number of carbonyl (C=O) groups is 2. The molecule has 2 aromatic rings. The van der Waals surface area contributed by atoms with E-state index in [4.69, 9.17) is 0 Å². The van der Waals surface area contributed by atoms with Gasteiger partial charge < -0.3 is 4.90 Å². The van der Waals surface area contributed by atoms with Crippen LogP contribution < -0.4 is 0 Å². The molecule has 5 heteroatoms. The monoisotopic (exact) mass is 321 g/mol. The summed E-state index contributed by atoms with van der Waals surface area (Å²) in [5, 5.41) is 0. The van der Waals surface area contributed by atoms with E-state index in [1.807, 2.05) is 23.7 Å². The second-order valence-electron chi connectivity index (χ2n) is 7.23. The van der Waals surface area contributed by atoms with Crippen molar-refractivity contribution < 1.29 is 9.59 Å². The molecule has 0 atom stereocenters. The number of rotatable bonds is 3. The van der Waals surface area contributed by atoms with E-state index in [1.54, 1.807) is 11.2 Å². The van der Waals surface area contributed by atoms with Crippen LogP contribution in [0.15, 0.2) is 24.5 Å². The highest BCUT2D eigenvalue weighted by atomic mass is 16.2. The van der Waals surface area contributed by atoms with Crippen molar-refractivity contribution in [1.82, 2.24) is 14.5 Å². The zero-order chi connectivity index (χ0) is 16.4. The predicted molar refractivity (Wildman–Crippen MR) is 88.4 cm³/mol. The van der Waals surface area contributed by atoms with E-state index in [1.165, 1.54) is 0 Å². The lowest BCUT2D eigenvalue weighted by Crippen LogP contribution is -2.26. The van der Waals surface area contributed by atoms with E-state index in [0.717, 1.165) is 48.2 Å². The average molecular weight is 321 g/mol. The Balaban J connectivity index is 1.72. The molecule has 0 spiro atoms. The number of fused-ring (bicyclic) bond motifs is 3. The van der Waals surface area contributed by atoms with Gasteiger partial charge in [0.15, 0.2) is 5.78 Å². The Morgan fingerprint density at radius 1 is 1.21 bits per heavy atom. The first-order valence-corrected chi connectivity index (χ1v) is 8.64. The van der Waals surface area contributed by atoms with Gasteiger partial charge in [0, 0.05) is 13.0 Å². The molecule has 2 saturated carbocycles. The molecule has 122 valence electrons. The maximum Gasteiger partial charge on any atom is 0.256 e. The minimum Gasteiger partial charge on any atom is -0.336 e. The van der Waals surface area contributed by atoms with Crippen LogP contribution in [-0.4, -0.2) is 33.2 Å². The van der Waals surface area contributed by atoms with E-state index in [9.17, 15) is 9.59 Å². The summed E-state index contributed by atoms with van der Waals surface area (Å²) in [6.07, 6.45) is 5.93. The standard InChI is InChI=1S/C19H19N3O2/c1-21-9-15-17(18(23)12-7-8-12)20-10-22(15)14-4-2-3-13(11-5-6-11)16(14)19(21)24/h2-4,10-12H,5-9H2,1H3. The number of hydrogen-bond acceptors (Lipinski definition) is 3. The third-order valence-electron chi connectivity index (χ3n) is 5.35. The fraction of sp³-hybridized carbons (Fsp3) is 0.421. The van der Waals surface area contributed by atoms with Crippen LogP contribution in [0.3, 0.4) is 0 Å². The van der Waals surface area contributed by atoms with Crippen LogP contribution >= 0.6 is 0 Å². The molecule has 5 nitrogen and oxygen atoms in total. The Kier molecular flexibility index (Phi) is 2.78. The molecule has 2 aliphatic carbocycles. The highest BCUT2D eigenvalue weighted by Crippen LogP contribution is 2.44. The molecular weight excluding hydrogens is 302 g/mol. The number of imidazole rings is 1. The number of nitrogens with zero attached hydrogens (tertiary/aromatic N) is 3. The van der Waals surface area contributed by atoms with E-state index >= 15 is 0 Å². The van der Waals surface area contributed by atoms with Gasteiger partial charge in [0.1, 0.15) is 12.0 Å². The first-order valence-electron chi connectivity index (χ1n) is 8.64. The SMILES string of the molecule is CN1Cc2c(C(=O)C3CC3)ncn2-c2cccc(C3CC3)c2C1=O. The Morgan fingerprint density at radius 2 is 2.00 bits per heavy atom. The lowest BCUT2D eigenvalue weighted by molar-refractivity contribution is 0.0784. The molecule has 5 rings (SSSR count). The molecule has 0 N–H and O–H groups in total. The molecule has 2 fully saturated rings. The van der Waals surface area contributed by atoms with Gasteiger partial charge in [-0.25, -0.2) is 4.98 Å². The Morgan fingerprint density at radius 3 is 2.71 bits per heavy atom. The van der Waals surface area contributed by atoms with Gasteiger partial charge in [0.2, 0.25) is 0 Å². The average Bonchev–Trinajstić information content (AvgIpc) is 3.48. The van der Waals surface area contributed by atoms with Crippen molar-refractivity contribution in [2.45, 2.75) is 38.1 Å². The van der Waals surface area contributed by atoms with Crippen LogP contribution in [0.4, 0.5) is 0 Å². The van der Waals surface area contributed by atoms with Crippen molar-refractivity contribution in [2.75, 3.05) is 7.05 Å². The predicted octanol–water partition coefficient (Wildman–Crippen LogP) is 2.93. The summed E-state index contributed by atoms with van der Waals surface area (Å²) in [4.78, 5) is 31.7. The van der Waals surface area contributed by atoms with E-state index < -0.39 is 0 Å². The number of hydrogen-bond donors (Lipinski definition) is 0. The van der Waals surface area contributed by atoms with Gasteiger partial charge in [-0.3, -0.25) is 14.2 Å². The van der Waals surface area contributed by atoms with Crippen molar-refractivity contribution in [3.63, 3.8) is 0 Å². The highest BCUT2D eigenvalue weighted by molar-refractivity contribution is 6.02. The van der Waals surface area contributed by atoms with Crippen molar-refractivity contribution in [2.24, 2.45) is 5.92 Å². The lowest BCUT2D eigenvalue weighted by Gasteiger charge is -2.16. The van der Waals surface area contributed by atoms with Crippen LogP contribution in [0.5, 0.6) is 0 Å². The second-order valence-corrected chi connectivity index (χ2v) is 7.23. The fourth-order valence-corrected chi connectivity index (χ4v) is 3.69. The number of benzene rings is 1. The number of amides is 1. The van der Waals surface area contributed by atoms with E-state index in [2.05, 4.69) is 11.1 Å². The minimum absolute atomic E-state index is 0.0426. The van der Waals surface area contributed by atoms with Gasteiger partial charge >= 0.3 is 0 Å². The molecule has 24 heavy (non-hydrogen) atoms. The third-order valence-corrected chi connectivity index (χ3v) is 5.35. The van der Waals surface area contributed by atoms with Gasteiger partial charge in [-0.05, 0) is 43.2 Å². The molecule has 2 heterocycles. The zero-order valence-corrected chi connectivity index (χ0v) is 13.7. The van der Waals surface area contributed by atoms with Crippen LogP contribution in [-0.2, 0) is 6.54 Å². The van der Waals surface area contributed by atoms with Gasteiger partial charge in [-0.1, -0.05) is 12.1 Å². The molecule has 0 radical (unpaired) electrons. The van der Waals surface area contributed by atoms with Gasteiger partial charge in [0.25, 0.3) is 5.91 Å². The number of aromatic nitrogens is 2. The Bertz CT molecular complexity index is 875. The normalized spacial score (nSPS) is 19.7. The zero-order valence-electron chi connectivity index (χ0n) is 13.7. The number of carbonyl (C=O) groups excluding carboxylic acids is 2. The molecule has 1 aliphatic heterocycles. The summed E-state index contributed by atoms with van der Waals surface area (Å²) in [5.74, 6) is 0.800. The van der Waals surface area contributed by atoms with Crippen LogP contribution in [0.1, 0.15) is 63.7 Å². The molecule has 1 aromatic carbocycles. The smallest absolute Gasteiger partial charge is 0.256 e. The molecule has 0 bridgehead atoms. The first kappa shape index (κ1) is 14.0. The molecule has 0 unspecified atom stereocenters. The van der Waals surface area contributed by atoms with Crippen molar-refractivity contribution >= 4 is 11.7 Å². The van der Waals surface area contributed by atoms with E-state index in [0.29, 0.717) is 18.2 Å². The molecule has 3 aliphatic rings. The summed E-state index contributed by atoms with van der Waals surface area (Å²) in [7, 11) is 1.81. The van der Waals surface area contributed by atoms with Crippen molar-refractivity contribution in [1.29, 1.82) is 0 Å². The maximum absolute atomic E-state index is 13.0. The van der Waals surface area contributed by atoms with E-state index in [-0.39, 0.29) is 17.6 Å². The first-order chi connectivity index (χ1) is 11.6. The summed E-state index contributed by atoms with van der Waals surface area (Å²) >= 11 is 0. The molecule has 0 saturated heterocycles. The topological polar surface area (TPSA) is 55.2 Å². The Labute approximate surface area is 140 Å². The van der Waals surface area contributed by atoms with Crippen LogP contribution in [0.25, 0.3) is 5.69 Å². The summed E-state index contributed by atoms with van der Waals surface area (Å²) < 4.78 is 1.96.